The van der Waals surface area contributed by atoms with E-state index in [2.05, 4.69) is 31.0 Å². The van der Waals surface area contributed by atoms with Crippen LogP contribution in [0.3, 0.4) is 0 Å². The van der Waals surface area contributed by atoms with Crippen LogP contribution in [0.5, 0.6) is 0 Å². The standard InChI is InChI=1S/C49H96N2O7/c1-7-10-13-16-19-26-33-43-55-48(54)56-44-34-27-25-32-41-51(42-35-39-50-47(53)58-49(4,5)6)40-31-24-20-23-30-38-46(52)57-45(36-28-21-17-14-11-8-2)37-29-22-18-15-12-9-3/h45H,7-44H2,1-6H3,(H,50,53). The van der Waals surface area contributed by atoms with Gasteiger partial charge in [-0.25, -0.2) is 9.59 Å². The smallest absolute Gasteiger partial charge is 0.462 e. The van der Waals surface area contributed by atoms with E-state index in [0.29, 0.717) is 26.2 Å². The molecule has 1 amide bonds. The van der Waals surface area contributed by atoms with E-state index in [0.717, 1.165) is 110 Å². The van der Waals surface area contributed by atoms with Crippen LogP contribution >= 0.6 is 0 Å². The molecule has 0 aromatic heterocycles. The van der Waals surface area contributed by atoms with Gasteiger partial charge in [0.2, 0.25) is 0 Å². The van der Waals surface area contributed by atoms with E-state index >= 15 is 0 Å². The number of amides is 1. The average molecular weight is 825 g/mol. The number of alkyl carbamates (subject to hydrolysis) is 1. The van der Waals surface area contributed by atoms with Crippen molar-refractivity contribution in [1.82, 2.24) is 10.2 Å². The number of unbranched alkanes of at least 4 members (excludes halogenated alkanes) is 23. The molecule has 0 spiro atoms. The Morgan fingerprint density at radius 2 is 0.897 bits per heavy atom. The van der Waals surface area contributed by atoms with Gasteiger partial charge in [0.25, 0.3) is 0 Å². The monoisotopic (exact) mass is 825 g/mol. The third kappa shape index (κ3) is 42.1. The van der Waals surface area contributed by atoms with Crippen molar-refractivity contribution in [1.29, 1.82) is 0 Å². The van der Waals surface area contributed by atoms with Crippen molar-refractivity contribution in [2.45, 2.75) is 259 Å². The molecule has 0 saturated carbocycles. The summed E-state index contributed by atoms with van der Waals surface area (Å²) in [4.78, 5) is 39.3. The van der Waals surface area contributed by atoms with Gasteiger partial charge in [0.15, 0.2) is 0 Å². The Morgan fingerprint density at radius 3 is 1.36 bits per heavy atom. The molecule has 0 fully saturated rings. The minimum Gasteiger partial charge on any atom is -0.462 e. The molecular formula is C49H96N2O7. The topological polar surface area (TPSA) is 103 Å². The number of carbonyl (C=O) groups is 3. The van der Waals surface area contributed by atoms with Crippen LogP contribution in [0.2, 0.25) is 0 Å². The zero-order valence-electron chi connectivity index (χ0n) is 39.3. The average Bonchev–Trinajstić information content (AvgIpc) is 3.18. The van der Waals surface area contributed by atoms with E-state index in [1.54, 1.807) is 0 Å². The number of hydrogen-bond acceptors (Lipinski definition) is 8. The van der Waals surface area contributed by atoms with Crippen LogP contribution in [-0.4, -0.2) is 74.2 Å². The van der Waals surface area contributed by atoms with E-state index < -0.39 is 11.8 Å². The minimum absolute atomic E-state index is 0.00145. The Hall–Kier alpha value is -2.03. The van der Waals surface area contributed by atoms with Crippen LogP contribution in [0.1, 0.15) is 247 Å². The molecule has 58 heavy (non-hydrogen) atoms. The second kappa shape index (κ2) is 41.7. The second-order valence-corrected chi connectivity index (χ2v) is 17.8. The third-order valence-electron chi connectivity index (χ3n) is 10.8. The molecule has 0 rings (SSSR count). The van der Waals surface area contributed by atoms with E-state index in [1.165, 1.54) is 109 Å². The highest BCUT2D eigenvalue weighted by Gasteiger charge is 2.16. The minimum atomic E-state index is -0.539. The maximum absolute atomic E-state index is 12.8. The van der Waals surface area contributed by atoms with Crippen molar-refractivity contribution in [3.05, 3.63) is 0 Å². The van der Waals surface area contributed by atoms with Crippen molar-refractivity contribution in [3.8, 4) is 0 Å². The summed E-state index contributed by atoms with van der Waals surface area (Å²) in [5, 5.41) is 2.89. The third-order valence-corrected chi connectivity index (χ3v) is 10.8. The van der Waals surface area contributed by atoms with Gasteiger partial charge < -0.3 is 29.2 Å². The van der Waals surface area contributed by atoms with Crippen LogP contribution in [0.25, 0.3) is 0 Å². The lowest BCUT2D eigenvalue weighted by Gasteiger charge is -2.23. The molecule has 0 aromatic rings. The number of nitrogens with zero attached hydrogens (tertiary/aromatic N) is 1. The molecule has 0 aliphatic heterocycles. The Balaban J connectivity index is 4.45. The summed E-state index contributed by atoms with van der Waals surface area (Å²) in [5.41, 5.74) is -0.502. The van der Waals surface area contributed by atoms with Crippen molar-refractivity contribution < 1.29 is 33.3 Å². The first-order chi connectivity index (χ1) is 28.1. The van der Waals surface area contributed by atoms with Crippen molar-refractivity contribution >= 4 is 18.2 Å². The molecule has 0 heterocycles. The van der Waals surface area contributed by atoms with Gasteiger partial charge in [-0.2, -0.15) is 0 Å². The first-order valence-electron chi connectivity index (χ1n) is 24.8. The van der Waals surface area contributed by atoms with Crippen LogP contribution in [-0.2, 0) is 23.7 Å². The van der Waals surface area contributed by atoms with E-state index in [-0.39, 0.29) is 18.2 Å². The lowest BCUT2D eigenvalue weighted by molar-refractivity contribution is -0.150. The van der Waals surface area contributed by atoms with Gasteiger partial charge in [-0.15, -0.1) is 0 Å². The van der Waals surface area contributed by atoms with Gasteiger partial charge >= 0.3 is 18.2 Å². The van der Waals surface area contributed by atoms with Crippen molar-refractivity contribution in [3.63, 3.8) is 0 Å². The predicted octanol–water partition coefficient (Wildman–Crippen LogP) is 14.4. The van der Waals surface area contributed by atoms with Crippen LogP contribution in [0.4, 0.5) is 9.59 Å². The molecule has 9 nitrogen and oxygen atoms in total. The maximum atomic E-state index is 12.8. The summed E-state index contributed by atoms with van der Waals surface area (Å²) in [6, 6.07) is 0. The van der Waals surface area contributed by atoms with Crippen LogP contribution in [0.15, 0.2) is 0 Å². The Bertz CT molecular complexity index is 909. The Morgan fingerprint density at radius 1 is 0.500 bits per heavy atom. The molecule has 0 aliphatic carbocycles. The Kier molecular flexibility index (Phi) is 40.2. The highest BCUT2D eigenvalue weighted by atomic mass is 16.7. The summed E-state index contributed by atoms with van der Waals surface area (Å²) in [5.74, 6) is -0.00145. The highest BCUT2D eigenvalue weighted by Crippen LogP contribution is 2.19. The number of rotatable bonds is 42. The lowest BCUT2D eigenvalue weighted by Crippen LogP contribution is -2.35. The first-order valence-corrected chi connectivity index (χ1v) is 24.8. The maximum Gasteiger partial charge on any atom is 0.508 e. The summed E-state index contributed by atoms with van der Waals surface area (Å²) < 4.78 is 22.0. The molecule has 0 unspecified atom stereocenters. The van der Waals surface area contributed by atoms with E-state index in [4.69, 9.17) is 18.9 Å². The molecule has 0 aliphatic rings. The van der Waals surface area contributed by atoms with E-state index in [1.807, 2.05) is 20.8 Å². The number of esters is 1. The van der Waals surface area contributed by atoms with Crippen molar-refractivity contribution in [2.75, 3.05) is 39.4 Å². The quantitative estimate of drug-likeness (QED) is 0.0369. The first kappa shape index (κ1) is 56.0. The number of carbonyl (C=O) groups excluding carboxylic acids is 3. The number of hydrogen-bond donors (Lipinski definition) is 1. The van der Waals surface area contributed by atoms with Gasteiger partial charge in [-0.05, 0) is 105 Å². The zero-order chi connectivity index (χ0) is 42.8. The second-order valence-electron chi connectivity index (χ2n) is 17.8. The highest BCUT2D eigenvalue weighted by molar-refractivity contribution is 5.69. The molecule has 0 atom stereocenters. The molecule has 344 valence electrons. The molecule has 0 radical (unpaired) electrons. The summed E-state index contributed by atoms with van der Waals surface area (Å²) in [6.45, 7) is 16.8. The summed E-state index contributed by atoms with van der Waals surface area (Å²) >= 11 is 0. The fourth-order valence-corrected chi connectivity index (χ4v) is 7.29. The van der Waals surface area contributed by atoms with Crippen molar-refractivity contribution in [2.24, 2.45) is 0 Å². The fraction of sp³-hybridized carbons (Fsp3) is 0.939. The number of nitrogens with one attached hydrogen (secondary N) is 1. The zero-order valence-corrected chi connectivity index (χ0v) is 39.3. The largest absolute Gasteiger partial charge is 0.508 e. The molecule has 1 N–H and O–H groups in total. The molecule has 0 bridgehead atoms. The predicted molar refractivity (Wildman–Crippen MR) is 243 cm³/mol. The molecular weight excluding hydrogens is 729 g/mol. The normalized spacial score (nSPS) is 11.7. The number of ether oxygens (including phenoxy) is 4. The lowest BCUT2D eigenvalue weighted by atomic mass is 10.0. The summed E-state index contributed by atoms with van der Waals surface area (Å²) in [6.07, 6.45) is 35.6. The molecule has 0 saturated heterocycles. The summed E-state index contributed by atoms with van der Waals surface area (Å²) in [7, 11) is 0. The van der Waals surface area contributed by atoms with Gasteiger partial charge in [-0.1, -0.05) is 156 Å². The van der Waals surface area contributed by atoms with Gasteiger partial charge in [-0.3, -0.25) is 4.79 Å². The van der Waals surface area contributed by atoms with Crippen LogP contribution < -0.4 is 5.32 Å². The fourth-order valence-electron chi connectivity index (χ4n) is 7.29. The van der Waals surface area contributed by atoms with Crippen LogP contribution in [0, 0.1) is 0 Å². The molecule has 9 heteroatoms. The van der Waals surface area contributed by atoms with Gasteiger partial charge in [0, 0.05) is 13.0 Å². The van der Waals surface area contributed by atoms with Gasteiger partial charge in [0.1, 0.15) is 11.7 Å². The van der Waals surface area contributed by atoms with Gasteiger partial charge in [0.05, 0.1) is 13.2 Å². The Labute approximate surface area is 359 Å². The SMILES string of the molecule is CCCCCCCCCOC(=O)OCCCCCCN(CCCCCCCC(=O)OC(CCCCCCCC)CCCCCCCC)CCCNC(=O)OC(C)(C)C. The van der Waals surface area contributed by atoms with E-state index in [9.17, 15) is 14.4 Å². The molecule has 0 aromatic carbocycles.